The van der Waals surface area contributed by atoms with Gasteiger partial charge in [-0.25, -0.2) is 4.98 Å². The van der Waals surface area contributed by atoms with Crippen LogP contribution in [0.25, 0.3) is 5.65 Å². The highest BCUT2D eigenvalue weighted by atomic mass is 16.3. The molecule has 1 N–H and O–H groups in total. The Hall–Kier alpha value is -1.88. The van der Waals surface area contributed by atoms with Crippen LogP contribution in [0, 0.1) is 0 Å². The molecule has 18 heavy (non-hydrogen) atoms. The second-order valence-electron chi connectivity index (χ2n) is 4.61. The highest BCUT2D eigenvalue weighted by Gasteiger charge is 2.23. The smallest absolute Gasteiger partial charge is 0.170 e. The SMILES string of the molecule is O=Cc1c(N2CCCC(O)C2)nc2ccccn12. The third-order valence-corrected chi connectivity index (χ3v) is 3.36. The van der Waals surface area contributed by atoms with Gasteiger partial charge in [0.05, 0.1) is 6.10 Å². The first kappa shape index (κ1) is 11.2. The predicted octanol–water partition coefficient (Wildman–Crippen LogP) is 1.11. The minimum atomic E-state index is -0.330. The van der Waals surface area contributed by atoms with Gasteiger partial charge in [-0.2, -0.15) is 0 Å². The lowest BCUT2D eigenvalue weighted by atomic mass is 10.1. The van der Waals surface area contributed by atoms with E-state index in [-0.39, 0.29) is 6.10 Å². The Bertz CT molecular complexity index is 579. The maximum atomic E-state index is 11.3. The molecule has 0 aliphatic carbocycles. The van der Waals surface area contributed by atoms with Crippen LogP contribution in [0.1, 0.15) is 23.3 Å². The van der Waals surface area contributed by atoms with Crippen LogP contribution in [0.3, 0.4) is 0 Å². The number of aromatic nitrogens is 2. The van der Waals surface area contributed by atoms with Crippen molar-refractivity contribution in [3.8, 4) is 0 Å². The molecular weight excluding hydrogens is 230 g/mol. The van der Waals surface area contributed by atoms with Crippen LogP contribution < -0.4 is 4.90 Å². The van der Waals surface area contributed by atoms with Crippen LogP contribution in [0.2, 0.25) is 0 Å². The first-order valence-electron chi connectivity index (χ1n) is 6.15. The van der Waals surface area contributed by atoms with Crippen molar-refractivity contribution in [2.45, 2.75) is 18.9 Å². The molecule has 1 atom stereocenters. The Labute approximate surface area is 105 Å². The number of fused-ring (bicyclic) bond motifs is 1. The van der Waals surface area contributed by atoms with Gasteiger partial charge in [-0.1, -0.05) is 6.07 Å². The third kappa shape index (κ3) is 1.76. The zero-order valence-electron chi connectivity index (χ0n) is 9.99. The van der Waals surface area contributed by atoms with Gasteiger partial charge in [0.15, 0.2) is 12.1 Å². The number of aliphatic hydroxyl groups is 1. The number of rotatable bonds is 2. The number of carbonyl (C=O) groups excluding carboxylic acids is 1. The van der Waals surface area contributed by atoms with E-state index < -0.39 is 0 Å². The molecule has 1 aliphatic heterocycles. The van der Waals surface area contributed by atoms with Crippen molar-refractivity contribution in [1.29, 1.82) is 0 Å². The van der Waals surface area contributed by atoms with Crippen molar-refractivity contribution in [2.24, 2.45) is 0 Å². The van der Waals surface area contributed by atoms with Crippen molar-refractivity contribution >= 4 is 17.8 Å². The van der Waals surface area contributed by atoms with Crippen LogP contribution in [0.5, 0.6) is 0 Å². The lowest BCUT2D eigenvalue weighted by molar-refractivity contribution is 0.111. The normalized spacial score (nSPS) is 20.3. The summed E-state index contributed by atoms with van der Waals surface area (Å²) in [7, 11) is 0. The summed E-state index contributed by atoms with van der Waals surface area (Å²) in [6.07, 6.45) is 4.07. The second kappa shape index (κ2) is 4.42. The average Bonchev–Trinajstić information content (AvgIpc) is 2.77. The number of anilines is 1. The maximum Gasteiger partial charge on any atom is 0.170 e. The summed E-state index contributed by atoms with van der Waals surface area (Å²) in [4.78, 5) is 17.8. The molecule has 0 bridgehead atoms. The summed E-state index contributed by atoms with van der Waals surface area (Å²) in [6.45, 7) is 1.38. The van der Waals surface area contributed by atoms with Gasteiger partial charge in [0, 0.05) is 19.3 Å². The molecule has 0 aromatic carbocycles. The second-order valence-corrected chi connectivity index (χ2v) is 4.61. The summed E-state index contributed by atoms with van der Waals surface area (Å²) in [5.74, 6) is 0.676. The van der Waals surface area contributed by atoms with E-state index in [2.05, 4.69) is 4.98 Å². The van der Waals surface area contributed by atoms with Gasteiger partial charge in [0.2, 0.25) is 0 Å². The number of pyridine rings is 1. The summed E-state index contributed by atoms with van der Waals surface area (Å²) in [5, 5.41) is 9.71. The van der Waals surface area contributed by atoms with Gasteiger partial charge in [0.1, 0.15) is 11.3 Å². The molecule has 2 aromatic rings. The van der Waals surface area contributed by atoms with E-state index >= 15 is 0 Å². The van der Waals surface area contributed by atoms with Crippen molar-refractivity contribution < 1.29 is 9.90 Å². The van der Waals surface area contributed by atoms with Crippen molar-refractivity contribution in [3.05, 3.63) is 30.1 Å². The number of β-amino-alcohol motifs (C(OH)–C–C–N with tert-alkyl or cyclic N) is 1. The highest BCUT2D eigenvalue weighted by molar-refractivity contribution is 5.83. The van der Waals surface area contributed by atoms with E-state index in [4.69, 9.17) is 0 Å². The fourth-order valence-electron chi connectivity index (χ4n) is 2.49. The highest BCUT2D eigenvalue weighted by Crippen LogP contribution is 2.23. The van der Waals surface area contributed by atoms with Gasteiger partial charge in [-0.15, -0.1) is 0 Å². The third-order valence-electron chi connectivity index (χ3n) is 3.36. The molecule has 0 radical (unpaired) electrons. The number of aliphatic hydroxyl groups excluding tert-OH is 1. The topological polar surface area (TPSA) is 57.8 Å². The number of imidazole rings is 1. The fraction of sp³-hybridized carbons (Fsp3) is 0.385. The van der Waals surface area contributed by atoms with E-state index in [1.165, 1.54) is 0 Å². The molecule has 0 saturated carbocycles. The number of aldehydes is 1. The number of carbonyl (C=O) groups is 1. The Morgan fingerprint density at radius 2 is 2.33 bits per heavy atom. The van der Waals surface area contributed by atoms with E-state index in [1.54, 1.807) is 4.40 Å². The van der Waals surface area contributed by atoms with E-state index in [9.17, 15) is 9.90 Å². The monoisotopic (exact) mass is 245 g/mol. The lowest BCUT2D eigenvalue weighted by Crippen LogP contribution is -2.38. The molecule has 1 aliphatic rings. The molecule has 3 rings (SSSR count). The molecule has 0 spiro atoms. The minimum Gasteiger partial charge on any atom is -0.391 e. The summed E-state index contributed by atoms with van der Waals surface area (Å²) < 4.78 is 1.78. The number of piperidine rings is 1. The number of hydrogen-bond donors (Lipinski definition) is 1. The zero-order chi connectivity index (χ0) is 12.5. The van der Waals surface area contributed by atoms with Crippen LogP contribution in [0.15, 0.2) is 24.4 Å². The van der Waals surface area contributed by atoms with Crippen molar-refractivity contribution in [2.75, 3.05) is 18.0 Å². The molecule has 2 aromatic heterocycles. The predicted molar refractivity (Wildman–Crippen MR) is 68.0 cm³/mol. The molecule has 0 amide bonds. The van der Waals surface area contributed by atoms with E-state index in [0.717, 1.165) is 31.3 Å². The van der Waals surface area contributed by atoms with Gasteiger partial charge in [0.25, 0.3) is 0 Å². The van der Waals surface area contributed by atoms with Gasteiger partial charge < -0.3 is 10.0 Å². The Kier molecular flexibility index (Phi) is 2.76. The minimum absolute atomic E-state index is 0.330. The molecule has 5 nitrogen and oxygen atoms in total. The Balaban J connectivity index is 2.07. The summed E-state index contributed by atoms with van der Waals surface area (Å²) >= 11 is 0. The summed E-state index contributed by atoms with van der Waals surface area (Å²) in [5.41, 5.74) is 1.31. The van der Waals surface area contributed by atoms with Gasteiger partial charge in [-0.3, -0.25) is 9.20 Å². The van der Waals surface area contributed by atoms with Gasteiger partial charge in [-0.05, 0) is 25.0 Å². The molecule has 1 fully saturated rings. The molecule has 5 heteroatoms. The van der Waals surface area contributed by atoms with Crippen LogP contribution in [-0.2, 0) is 0 Å². The van der Waals surface area contributed by atoms with Crippen LogP contribution in [0.4, 0.5) is 5.82 Å². The quantitative estimate of drug-likeness (QED) is 0.805. The molecule has 1 unspecified atom stereocenters. The first-order valence-corrected chi connectivity index (χ1v) is 6.15. The summed E-state index contributed by atoms with van der Waals surface area (Å²) in [6, 6.07) is 5.64. The first-order chi connectivity index (χ1) is 8.79. The lowest BCUT2D eigenvalue weighted by Gasteiger charge is -2.30. The number of nitrogens with zero attached hydrogens (tertiary/aromatic N) is 3. The fourth-order valence-corrected chi connectivity index (χ4v) is 2.49. The molecule has 94 valence electrons. The zero-order valence-corrected chi connectivity index (χ0v) is 9.99. The Morgan fingerprint density at radius 3 is 3.11 bits per heavy atom. The van der Waals surface area contributed by atoms with Crippen LogP contribution >= 0.6 is 0 Å². The van der Waals surface area contributed by atoms with E-state index in [0.29, 0.717) is 18.1 Å². The molecule has 1 saturated heterocycles. The largest absolute Gasteiger partial charge is 0.391 e. The van der Waals surface area contributed by atoms with Crippen molar-refractivity contribution in [1.82, 2.24) is 9.38 Å². The standard InChI is InChI=1S/C13H15N3O2/c17-9-11-13(15-6-3-4-10(18)8-15)14-12-5-1-2-7-16(11)12/h1-2,5,7,9-10,18H,3-4,6,8H2. The molecular formula is C13H15N3O2. The van der Waals surface area contributed by atoms with E-state index in [1.807, 2.05) is 29.3 Å². The maximum absolute atomic E-state index is 11.3. The average molecular weight is 245 g/mol. The van der Waals surface area contributed by atoms with Crippen molar-refractivity contribution in [3.63, 3.8) is 0 Å². The Morgan fingerprint density at radius 1 is 1.44 bits per heavy atom. The van der Waals surface area contributed by atoms with Crippen LogP contribution in [-0.4, -0.2) is 40.0 Å². The number of hydrogen-bond acceptors (Lipinski definition) is 4. The van der Waals surface area contributed by atoms with Gasteiger partial charge >= 0.3 is 0 Å². The molecule has 3 heterocycles.